The molecular formula is C31H31FN4O5. The lowest BCUT2D eigenvalue weighted by molar-refractivity contribution is -0.122. The molecule has 0 saturated heterocycles. The first kappa shape index (κ1) is 29.2. The Balaban J connectivity index is 1.54. The number of aromatic hydroxyl groups is 1. The van der Waals surface area contributed by atoms with Crippen LogP contribution in [-0.4, -0.2) is 51.2 Å². The molecule has 0 radical (unpaired) electrons. The van der Waals surface area contributed by atoms with E-state index in [0.29, 0.717) is 22.3 Å². The number of hydrazine groups is 1. The average molecular weight is 559 g/mol. The molecule has 1 aromatic heterocycles. The first-order valence-corrected chi connectivity index (χ1v) is 12.8. The maximum atomic E-state index is 15.1. The molecule has 0 atom stereocenters. The van der Waals surface area contributed by atoms with Crippen LogP contribution in [0.15, 0.2) is 90.6 Å². The smallest absolute Gasteiger partial charge is 0.278 e. The van der Waals surface area contributed by atoms with Crippen molar-refractivity contribution in [3.63, 3.8) is 0 Å². The van der Waals surface area contributed by atoms with Crippen molar-refractivity contribution in [2.24, 2.45) is 0 Å². The lowest BCUT2D eigenvalue weighted by atomic mass is 10.1. The van der Waals surface area contributed by atoms with Gasteiger partial charge in [-0.25, -0.2) is 14.4 Å². The lowest BCUT2D eigenvalue weighted by Crippen LogP contribution is -2.51. The number of carbonyl (C=O) groups is 2. The Morgan fingerprint density at radius 2 is 1.78 bits per heavy atom. The predicted molar refractivity (Wildman–Crippen MR) is 155 cm³/mol. The van der Waals surface area contributed by atoms with E-state index in [0.717, 1.165) is 6.07 Å². The fraction of sp³-hybridized carbons (Fsp3) is 0.194. The zero-order valence-corrected chi connectivity index (χ0v) is 23.1. The van der Waals surface area contributed by atoms with Crippen molar-refractivity contribution in [2.45, 2.75) is 26.4 Å². The first-order chi connectivity index (χ1) is 19.5. The average Bonchev–Trinajstić information content (AvgIpc) is 2.90. The predicted octanol–water partition coefficient (Wildman–Crippen LogP) is 5.41. The number of rotatable bonds is 9. The van der Waals surface area contributed by atoms with E-state index in [1.165, 1.54) is 46.6 Å². The monoisotopic (exact) mass is 558 g/mol. The molecular weight excluding hydrogens is 527 g/mol. The van der Waals surface area contributed by atoms with E-state index in [1.807, 2.05) is 0 Å². The highest BCUT2D eigenvalue weighted by Gasteiger charge is 2.30. The molecule has 3 aromatic carbocycles. The number of pyridine rings is 1. The molecule has 3 N–H and O–H groups in total. The second-order valence-electron chi connectivity index (χ2n) is 9.99. The lowest BCUT2D eigenvalue weighted by Gasteiger charge is -2.35. The summed E-state index contributed by atoms with van der Waals surface area (Å²) < 4.78 is 20.8. The summed E-state index contributed by atoms with van der Waals surface area (Å²) in [5.41, 5.74) is -0.196. The Labute approximate surface area is 237 Å². The SMILES string of the molecule is C/C=C(\C(=O)Nc1ccc(Oc2ccnc3cc(O)ccc23)c(F)c1)C(=O)N(c1ccccc1)N(C)CC(C)(C)O. The summed E-state index contributed by atoms with van der Waals surface area (Å²) in [6.45, 7) is 4.89. The number of anilines is 2. The minimum atomic E-state index is -1.12. The van der Waals surface area contributed by atoms with Gasteiger partial charge in [0.1, 0.15) is 17.1 Å². The second-order valence-corrected chi connectivity index (χ2v) is 9.99. The molecule has 0 unspecified atom stereocenters. The molecule has 0 aliphatic heterocycles. The third-order valence-electron chi connectivity index (χ3n) is 6.01. The van der Waals surface area contributed by atoms with Crippen molar-refractivity contribution in [1.82, 2.24) is 9.99 Å². The normalized spacial score (nSPS) is 11.9. The number of phenolic OH excluding ortho intramolecular Hbond substituents is 1. The molecule has 9 nitrogen and oxygen atoms in total. The summed E-state index contributed by atoms with van der Waals surface area (Å²) in [5, 5.41) is 26.0. The van der Waals surface area contributed by atoms with Crippen LogP contribution in [-0.2, 0) is 9.59 Å². The van der Waals surface area contributed by atoms with Gasteiger partial charge in [-0.15, -0.1) is 0 Å². The minimum Gasteiger partial charge on any atom is -0.508 e. The molecule has 0 fully saturated rings. The number of hydrogen-bond donors (Lipinski definition) is 3. The van der Waals surface area contributed by atoms with Crippen LogP contribution in [0.4, 0.5) is 15.8 Å². The highest BCUT2D eigenvalue weighted by atomic mass is 19.1. The first-order valence-electron chi connectivity index (χ1n) is 12.8. The molecule has 0 spiro atoms. The second kappa shape index (κ2) is 12.2. The van der Waals surface area contributed by atoms with Gasteiger partial charge in [0.25, 0.3) is 11.8 Å². The van der Waals surface area contributed by atoms with E-state index >= 15 is 4.39 Å². The zero-order chi connectivity index (χ0) is 29.7. The molecule has 0 saturated carbocycles. The van der Waals surface area contributed by atoms with Gasteiger partial charge in [0.05, 0.1) is 16.8 Å². The Morgan fingerprint density at radius 1 is 1.05 bits per heavy atom. The van der Waals surface area contributed by atoms with Gasteiger partial charge in [0.2, 0.25) is 0 Å². The summed E-state index contributed by atoms with van der Waals surface area (Å²) in [5.74, 6) is -1.81. The van der Waals surface area contributed by atoms with Crippen LogP contribution in [0.5, 0.6) is 17.2 Å². The molecule has 1 heterocycles. The van der Waals surface area contributed by atoms with Crippen LogP contribution in [0.3, 0.4) is 0 Å². The van der Waals surface area contributed by atoms with Crippen molar-refractivity contribution in [2.75, 3.05) is 23.9 Å². The fourth-order valence-electron chi connectivity index (χ4n) is 4.31. The van der Waals surface area contributed by atoms with E-state index in [-0.39, 0.29) is 29.3 Å². The van der Waals surface area contributed by atoms with Gasteiger partial charge in [0.15, 0.2) is 11.6 Å². The number of fused-ring (bicyclic) bond motifs is 1. The van der Waals surface area contributed by atoms with Gasteiger partial charge >= 0.3 is 0 Å². The van der Waals surface area contributed by atoms with Crippen LogP contribution < -0.4 is 15.1 Å². The number of nitrogens with zero attached hydrogens (tertiary/aromatic N) is 3. The molecule has 10 heteroatoms. The number of carbonyl (C=O) groups excluding carboxylic acids is 2. The summed E-state index contributed by atoms with van der Waals surface area (Å²) in [6.07, 6.45) is 2.86. The van der Waals surface area contributed by atoms with Gasteiger partial charge in [-0.2, -0.15) is 0 Å². The number of amides is 2. The third-order valence-corrected chi connectivity index (χ3v) is 6.01. The number of nitrogens with one attached hydrogen (secondary N) is 1. The van der Waals surface area contributed by atoms with Gasteiger partial charge in [-0.1, -0.05) is 24.3 Å². The van der Waals surface area contributed by atoms with Gasteiger partial charge in [-0.3, -0.25) is 14.6 Å². The van der Waals surface area contributed by atoms with Crippen LogP contribution in [0.25, 0.3) is 10.9 Å². The number of aromatic nitrogens is 1. The largest absolute Gasteiger partial charge is 0.508 e. The maximum absolute atomic E-state index is 15.1. The number of benzene rings is 3. The number of halogens is 1. The molecule has 2 amide bonds. The Kier molecular flexibility index (Phi) is 8.65. The number of allylic oxidation sites excluding steroid dienone is 1. The van der Waals surface area contributed by atoms with Crippen molar-refractivity contribution in [1.29, 1.82) is 0 Å². The number of hydrogen-bond acceptors (Lipinski definition) is 7. The van der Waals surface area contributed by atoms with Crippen LogP contribution in [0.2, 0.25) is 0 Å². The molecule has 212 valence electrons. The van der Waals surface area contributed by atoms with Crippen molar-refractivity contribution in [3.8, 4) is 17.2 Å². The standard InChI is InChI=1S/C31H31FN4O5/c1-5-23(30(39)36(21-9-7-6-8-10-21)35(4)19-31(2,3)40)29(38)34-20-11-14-28(25(32)17-20)41-27-15-16-33-26-18-22(37)12-13-24(26)27/h5-18,37,40H,19H2,1-4H3,(H,34,38)/b23-5+. The highest BCUT2D eigenvalue weighted by Crippen LogP contribution is 2.32. The molecule has 0 aliphatic carbocycles. The third kappa shape index (κ3) is 7.05. The summed E-state index contributed by atoms with van der Waals surface area (Å²) in [7, 11) is 1.64. The number of ether oxygens (including phenoxy) is 1. The number of likely N-dealkylation sites (N-methyl/N-ethyl adjacent to an activating group) is 1. The van der Waals surface area contributed by atoms with Crippen molar-refractivity contribution >= 4 is 34.1 Å². The number of phenols is 1. The number of aliphatic hydroxyl groups is 1. The van der Waals surface area contributed by atoms with Crippen LogP contribution in [0, 0.1) is 5.82 Å². The Bertz CT molecular complexity index is 1600. The molecule has 4 rings (SSSR count). The van der Waals surface area contributed by atoms with E-state index in [2.05, 4.69) is 10.3 Å². The van der Waals surface area contributed by atoms with Crippen LogP contribution in [0.1, 0.15) is 20.8 Å². The fourth-order valence-corrected chi connectivity index (χ4v) is 4.31. The Morgan fingerprint density at radius 3 is 2.44 bits per heavy atom. The maximum Gasteiger partial charge on any atom is 0.278 e. The summed E-state index contributed by atoms with van der Waals surface area (Å²) >= 11 is 0. The minimum absolute atomic E-state index is 0.0446. The molecule has 0 bridgehead atoms. The van der Waals surface area contributed by atoms with Crippen LogP contribution >= 0.6 is 0 Å². The van der Waals surface area contributed by atoms with Crippen molar-refractivity contribution in [3.05, 3.63) is 96.5 Å². The van der Waals surface area contributed by atoms with Gasteiger partial charge in [-0.05, 0) is 63.2 Å². The highest BCUT2D eigenvalue weighted by molar-refractivity contribution is 6.26. The van der Waals surface area contributed by atoms with E-state index in [1.54, 1.807) is 70.3 Å². The topological polar surface area (TPSA) is 115 Å². The van der Waals surface area contributed by atoms with Gasteiger partial charge < -0.3 is 20.3 Å². The van der Waals surface area contributed by atoms with E-state index < -0.39 is 23.2 Å². The quantitative estimate of drug-likeness (QED) is 0.109. The van der Waals surface area contributed by atoms with Crippen molar-refractivity contribution < 1.29 is 28.9 Å². The zero-order valence-electron chi connectivity index (χ0n) is 23.1. The molecule has 0 aliphatic rings. The van der Waals surface area contributed by atoms with E-state index in [4.69, 9.17) is 4.74 Å². The molecule has 4 aromatic rings. The molecule has 41 heavy (non-hydrogen) atoms. The number of para-hydroxylation sites is 1. The summed E-state index contributed by atoms with van der Waals surface area (Å²) in [6, 6.07) is 18.8. The Hall–Kier alpha value is -4.80. The summed E-state index contributed by atoms with van der Waals surface area (Å²) in [4.78, 5) is 31.0. The van der Waals surface area contributed by atoms with E-state index in [9.17, 15) is 19.8 Å². The van der Waals surface area contributed by atoms with Gasteiger partial charge in [0, 0.05) is 43.0 Å².